The molecule has 0 aliphatic rings. The van der Waals surface area contributed by atoms with Gasteiger partial charge in [0.25, 0.3) is 11.8 Å². The fourth-order valence-electron chi connectivity index (χ4n) is 4.27. The van der Waals surface area contributed by atoms with E-state index in [9.17, 15) is 14.4 Å². The summed E-state index contributed by atoms with van der Waals surface area (Å²) in [5.41, 5.74) is 3.05. The summed E-state index contributed by atoms with van der Waals surface area (Å²) in [5, 5.41) is 8.15. The van der Waals surface area contributed by atoms with E-state index in [0.717, 1.165) is 21.9 Å². The molecule has 5 aromatic carbocycles. The van der Waals surface area contributed by atoms with Crippen LogP contribution in [-0.2, 0) is 4.79 Å². The summed E-state index contributed by atoms with van der Waals surface area (Å²) in [6, 6.07) is 36.1. The molecule has 5 nitrogen and oxygen atoms in total. The third-order valence-electron chi connectivity index (χ3n) is 6.36. The van der Waals surface area contributed by atoms with Gasteiger partial charge in [0, 0.05) is 21.8 Å². The van der Waals surface area contributed by atoms with Gasteiger partial charge in [0.1, 0.15) is 5.70 Å². The summed E-state index contributed by atoms with van der Waals surface area (Å²) < 4.78 is 0. The Kier molecular flexibility index (Phi) is 8.48. The minimum absolute atomic E-state index is 0.0832. The first-order valence-corrected chi connectivity index (χ1v) is 13.3. The van der Waals surface area contributed by atoms with Gasteiger partial charge in [-0.3, -0.25) is 14.4 Å². The van der Waals surface area contributed by atoms with Crippen molar-refractivity contribution in [2.45, 2.75) is 0 Å². The second-order valence-corrected chi connectivity index (χ2v) is 9.67. The number of amides is 2. The number of carbonyl (C=O) groups is 3. The smallest absolute Gasteiger partial charge is 0.272 e. The average Bonchev–Trinajstić information content (AvgIpc) is 3.00. The van der Waals surface area contributed by atoms with Crippen LogP contribution in [0.3, 0.4) is 0 Å². The minimum Gasteiger partial charge on any atom is -0.321 e. The average molecular weight is 557 g/mol. The van der Waals surface area contributed by atoms with Gasteiger partial charge in [-0.15, -0.1) is 0 Å². The number of hydrogen-bond donors (Lipinski definition) is 2. The fourth-order valence-corrected chi connectivity index (χ4v) is 4.47. The second-order valence-electron chi connectivity index (χ2n) is 9.23. The van der Waals surface area contributed by atoms with E-state index in [0.29, 0.717) is 21.8 Å². The van der Waals surface area contributed by atoms with Crippen LogP contribution < -0.4 is 10.6 Å². The van der Waals surface area contributed by atoms with Crippen molar-refractivity contribution in [2.75, 3.05) is 5.32 Å². The van der Waals surface area contributed by atoms with Gasteiger partial charge in [-0.05, 0) is 82.6 Å². The van der Waals surface area contributed by atoms with Gasteiger partial charge in [-0.1, -0.05) is 90.5 Å². The fraction of sp³-hybridized carbons (Fsp3) is 0. The van der Waals surface area contributed by atoms with Gasteiger partial charge < -0.3 is 10.6 Å². The van der Waals surface area contributed by atoms with E-state index < -0.39 is 11.8 Å². The van der Waals surface area contributed by atoms with E-state index in [1.807, 2.05) is 60.7 Å². The predicted octanol–water partition coefficient (Wildman–Crippen LogP) is 7.80. The SMILES string of the molecule is O=C(Nc1ccc(C(=O)/C=C/c2cccc(Cl)c2)cc1)/C(=C/c1cccc2ccccc12)NC(=O)c1ccccc1. The summed E-state index contributed by atoms with van der Waals surface area (Å²) in [5.74, 6) is -1.09. The molecule has 0 atom stereocenters. The number of anilines is 1. The molecule has 0 fully saturated rings. The molecule has 0 aliphatic carbocycles. The van der Waals surface area contributed by atoms with Crippen molar-refractivity contribution in [3.8, 4) is 0 Å². The molecule has 0 saturated heterocycles. The Morgan fingerprint density at radius 2 is 1.39 bits per heavy atom. The van der Waals surface area contributed by atoms with Crippen molar-refractivity contribution in [1.29, 1.82) is 0 Å². The zero-order valence-corrected chi connectivity index (χ0v) is 22.6. The number of fused-ring (bicyclic) bond motifs is 1. The van der Waals surface area contributed by atoms with E-state index in [-0.39, 0.29) is 11.5 Å². The summed E-state index contributed by atoms with van der Waals surface area (Å²) in [6.07, 6.45) is 4.84. The van der Waals surface area contributed by atoms with Crippen LogP contribution in [0.4, 0.5) is 5.69 Å². The molecule has 0 saturated carbocycles. The standard InChI is InChI=1S/C35H25ClN2O3/c36-29-14-6-8-24(22-29)16-21-33(39)26-17-19-30(20-18-26)37-35(41)32(38-34(40)27-10-2-1-3-11-27)23-28-13-7-12-25-9-4-5-15-31(25)28/h1-23H,(H,37,41)(H,38,40)/b21-16+,32-23-. The number of nitrogens with one attached hydrogen (secondary N) is 2. The Hall–Kier alpha value is -5.26. The second kappa shape index (κ2) is 12.7. The van der Waals surface area contributed by atoms with E-state index >= 15 is 0 Å². The highest BCUT2D eigenvalue weighted by atomic mass is 35.5. The van der Waals surface area contributed by atoms with Crippen LogP contribution in [-0.4, -0.2) is 17.6 Å². The first kappa shape index (κ1) is 27.3. The summed E-state index contributed by atoms with van der Waals surface area (Å²) in [7, 11) is 0. The number of ketones is 1. The zero-order chi connectivity index (χ0) is 28.6. The molecule has 200 valence electrons. The molecule has 0 spiro atoms. The molecule has 0 radical (unpaired) electrons. The maximum Gasteiger partial charge on any atom is 0.272 e. The number of halogens is 1. The number of allylic oxidation sites excluding steroid dienone is 1. The molecule has 0 aliphatic heterocycles. The molecule has 5 rings (SSSR count). The lowest BCUT2D eigenvalue weighted by atomic mass is 10.0. The Bertz CT molecular complexity index is 1790. The van der Waals surface area contributed by atoms with Gasteiger partial charge in [-0.25, -0.2) is 0 Å². The van der Waals surface area contributed by atoms with Gasteiger partial charge >= 0.3 is 0 Å². The van der Waals surface area contributed by atoms with E-state index in [2.05, 4.69) is 10.6 Å². The first-order chi connectivity index (χ1) is 20.0. The van der Waals surface area contributed by atoms with Crippen LogP contribution in [0, 0.1) is 0 Å². The largest absolute Gasteiger partial charge is 0.321 e. The van der Waals surface area contributed by atoms with Gasteiger partial charge in [0.05, 0.1) is 0 Å². The topological polar surface area (TPSA) is 75.3 Å². The van der Waals surface area contributed by atoms with Crippen molar-refractivity contribution in [1.82, 2.24) is 5.32 Å². The molecule has 2 N–H and O–H groups in total. The molecular weight excluding hydrogens is 532 g/mol. The molecule has 5 aromatic rings. The third-order valence-corrected chi connectivity index (χ3v) is 6.59. The summed E-state index contributed by atoms with van der Waals surface area (Å²) in [4.78, 5) is 39.1. The Morgan fingerprint density at radius 3 is 2.17 bits per heavy atom. The Labute approximate surface area is 242 Å². The number of hydrogen-bond acceptors (Lipinski definition) is 3. The number of benzene rings is 5. The monoisotopic (exact) mass is 556 g/mol. The third kappa shape index (κ3) is 7.04. The lowest BCUT2D eigenvalue weighted by Gasteiger charge is -2.12. The highest BCUT2D eigenvalue weighted by molar-refractivity contribution is 6.30. The summed E-state index contributed by atoms with van der Waals surface area (Å²) in [6.45, 7) is 0. The number of rotatable bonds is 8. The van der Waals surface area contributed by atoms with Crippen molar-refractivity contribution in [2.24, 2.45) is 0 Å². The Balaban J connectivity index is 1.37. The molecule has 0 heterocycles. The minimum atomic E-state index is -0.498. The van der Waals surface area contributed by atoms with E-state index in [4.69, 9.17) is 11.6 Å². The maximum absolute atomic E-state index is 13.4. The van der Waals surface area contributed by atoms with Crippen LogP contribution in [0.25, 0.3) is 22.9 Å². The van der Waals surface area contributed by atoms with Crippen molar-refractivity contribution in [3.63, 3.8) is 0 Å². The molecule has 6 heteroatoms. The van der Waals surface area contributed by atoms with Crippen LogP contribution in [0.15, 0.2) is 133 Å². The molecule has 41 heavy (non-hydrogen) atoms. The van der Waals surface area contributed by atoms with Gasteiger partial charge in [0.15, 0.2) is 5.78 Å². The number of carbonyl (C=O) groups excluding carboxylic acids is 3. The lowest BCUT2D eigenvalue weighted by molar-refractivity contribution is -0.113. The molecule has 0 unspecified atom stereocenters. The Morgan fingerprint density at radius 1 is 0.683 bits per heavy atom. The molecule has 2 amide bonds. The van der Waals surface area contributed by atoms with Crippen molar-refractivity contribution >= 4 is 57.8 Å². The van der Waals surface area contributed by atoms with Gasteiger partial charge in [-0.2, -0.15) is 0 Å². The maximum atomic E-state index is 13.4. The highest BCUT2D eigenvalue weighted by Gasteiger charge is 2.16. The lowest BCUT2D eigenvalue weighted by Crippen LogP contribution is -2.30. The zero-order valence-electron chi connectivity index (χ0n) is 21.9. The van der Waals surface area contributed by atoms with Crippen molar-refractivity contribution in [3.05, 3.63) is 160 Å². The molecule has 0 bridgehead atoms. The van der Waals surface area contributed by atoms with Crippen LogP contribution in [0.1, 0.15) is 31.8 Å². The van der Waals surface area contributed by atoms with E-state index in [1.165, 1.54) is 6.08 Å². The first-order valence-electron chi connectivity index (χ1n) is 12.9. The molecule has 0 aromatic heterocycles. The van der Waals surface area contributed by atoms with Gasteiger partial charge in [0.2, 0.25) is 0 Å². The summed E-state index contributed by atoms with van der Waals surface area (Å²) >= 11 is 6.01. The predicted molar refractivity (Wildman–Crippen MR) is 166 cm³/mol. The van der Waals surface area contributed by atoms with Crippen LogP contribution >= 0.6 is 11.6 Å². The van der Waals surface area contributed by atoms with Crippen molar-refractivity contribution < 1.29 is 14.4 Å². The quantitative estimate of drug-likeness (QED) is 0.151. The van der Waals surface area contributed by atoms with Crippen LogP contribution in [0.2, 0.25) is 5.02 Å². The van der Waals surface area contributed by atoms with Crippen LogP contribution in [0.5, 0.6) is 0 Å². The normalized spacial score (nSPS) is 11.4. The highest BCUT2D eigenvalue weighted by Crippen LogP contribution is 2.21. The van der Waals surface area contributed by atoms with E-state index in [1.54, 1.807) is 72.8 Å². The molecular formula is C35H25ClN2O3.